The van der Waals surface area contributed by atoms with Crippen LogP contribution >= 0.6 is 0 Å². The van der Waals surface area contributed by atoms with Crippen LogP contribution < -0.4 is 0 Å². The topological polar surface area (TPSA) is 12.5 Å². The van der Waals surface area contributed by atoms with Gasteiger partial charge in [-0.1, -0.05) is 90.1 Å². The molecular formula is C26H41NO. The third-order valence-corrected chi connectivity index (χ3v) is 5.62. The first-order valence-electron chi connectivity index (χ1n) is 10.9. The van der Waals surface area contributed by atoms with Crippen molar-refractivity contribution in [3.8, 4) is 0 Å². The van der Waals surface area contributed by atoms with Crippen LogP contribution in [0.15, 0.2) is 54.1 Å². The molecule has 1 aliphatic rings. The number of likely N-dealkylation sites (N-methyl/N-ethyl adjacent to an activating group) is 1. The summed E-state index contributed by atoms with van der Waals surface area (Å²) in [5, 5.41) is 0. The first-order chi connectivity index (χ1) is 13.1. The minimum absolute atomic E-state index is 0.201. The van der Waals surface area contributed by atoms with Crippen LogP contribution in [0.4, 0.5) is 0 Å². The Kier molecular flexibility index (Phi) is 8.09. The Bertz CT molecular complexity index is 651. The first kappa shape index (κ1) is 22.9. The highest BCUT2D eigenvalue weighted by atomic mass is 16.5. The van der Waals surface area contributed by atoms with E-state index in [-0.39, 0.29) is 11.5 Å². The molecule has 2 rings (SSSR count). The molecule has 0 aromatic heterocycles. The Labute approximate surface area is 173 Å². The molecule has 0 saturated heterocycles. The van der Waals surface area contributed by atoms with Gasteiger partial charge in [0.15, 0.2) is 0 Å². The largest absolute Gasteiger partial charge is 0.372 e. The van der Waals surface area contributed by atoms with Crippen molar-refractivity contribution in [2.45, 2.75) is 80.0 Å². The van der Waals surface area contributed by atoms with Crippen molar-refractivity contribution >= 4 is 0 Å². The van der Waals surface area contributed by atoms with Gasteiger partial charge in [-0.3, -0.25) is 4.90 Å². The smallest absolute Gasteiger partial charge is 0.0794 e. The Morgan fingerprint density at radius 1 is 1.11 bits per heavy atom. The predicted octanol–water partition coefficient (Wildman–Crippen LogP) is 6.63. The van der Waals surface area contributed by atoms with Crippen molar-refractivity contribution in [1.29, 1.82) is 0 Å². The van der Waals surface area contributed by atoms with Crippen molar-refractivity contribution in [2.75, 3.05) is 13.2 Å². The van der Waals surface area contributed by atoms with E-state index in [1.807, 2.05) is 0 Å². The van der Waals surface area contributed by atoms with E-state index in [1.54, 1.807) is 0 Å². The highest BCUT2D eigenvalue weighted by Gasteiger charge is 2.29. The van der Waals surface area contributed by atoms with Gasteiger partial charge in [-0.05, 0) is 48.3 Å². The van der Waals surface area contributed by atoms with Crippen molar-refractivity contribution in [2.24, 2.45) is 10.8 Å². The van der Waals surface area contributed by atoms with E-state index in [4.69, 9.17) is 4.74 Å². The second-order valence-corrected chi connectivity index (χ2v) is 10.1. The molecule has 1 aliphatic carbocycles. The molecule has 1 aromatic carbocycles. The number of benzene rings is 1. The highest BCUT2D eigenvalue weighted by Crippen LogP contribution is 2.40. The molecule has 28 heavy (non-hydrogen) atoms. The van der Waals surface area contributed by atoms with Gasteiger partial charge >= 0.3 is 0 Å². The minimum atomic E-state index is 0.201. The van der Waals surface area contributed by atoms with Gasteiger partial charge < -0.3 is 4.74 Å². The van der Waals surface area contributed by atoms with Crippen LogP contribution in [0.2, 0.25) is 0 Å². The first-order valence-corrected chi connectivity index (χ1v) is 10.9. The van der Waals surface area contributed by atoms with Crippen LogP contribution in [-0.4, -0.2) is 30.2 Å². The molecule has 2 atom stereocenters. The summed E-state index contributed by atoms with van der Waals surface area (Å²) in [6, 6.07) is 11.1. The second kappa shape index (κ2) is 9.89. The molecule has 0 amide bonds. The summed E-state index contributed by atoms with van der Waals surface area (Å²) in [5.41, 5.74) is 3.36. The van der Waals surface area contributed by atoms with E-state index < -0.39 is 0 Å². The highest BCUT2D eigenvalue weighted by molar-refractivity contribution is 5.30. The lowest BCUT2D eigenvalue weighted by Gasteiger charge is -2.35. The van der Waals surface area contributed by atoms with Crippen LogP contribution in [0.5, 0.6) is 0 Å². The maximum atomic E-state index is 6.25. The summed E-state index contributed by atoms with van der Waals surface area (Å²) in [6.07, 6.45) is 9.32. The number of rotatable bonds is 9. The molecule has 1 aromatic rings. The number of hydrogen-bond acceptors (Lipinski definition) is 2. The molecule has 0 aliphatic heterocycles. The lowest BCUT2D eigenvalue weighted by Crippen LogP contribution is -2.37. The lowest BCUT2D eigenvalue weighted by molar-refractivity contribution is 0.0343. The predicted molar refractivity (Wildman–Crippen MR) is 121 cm³/mol. The SMILES string of the molecule is CCN(Cc1ccccc1)C(C)COC1C=CC(C(C)(C)CC(C)(C)C)=CC1. The fourth-order valence-electron chi connectivity index (χ4n) is 4.42. The maximum absolute atomic E-state index is 6.25. The van der Waals surface area contributed by atoms with Gasteiger partial charge in [-0.15, -0.1) is 0 Å². The van der Waals surface area contributed by atoms with Crippen LogP contribution in [0, 0.1) is 10.8 Å². The lowest BCUT2D eigenvalue weighted by atomic mass is 9.71. The quantitative estimate of drug-likeness (QED) is 0.474. The molecule has 0 radical (unpaired) electrons. The minimum Gasteiger partial charge on any atom is -0.372 e. The summed E-state index contributed by atoms with van der Waals surface area (Å²) in [7, 11) is 0. The second-order valence-electron chi connectivity index (χ2n) is 10.1. The maximum Gasteiger partial charge on any atom is 0.0794 e. The third kappa shape index (κ3) is 7.22. The van der Waals surface area contributed by atoms with E-state index in [2.05, 4.69) is 102 Å². The molecule has 2 heteroatoms. The average Bonchev–Trinajstić information content (AvgIpc) is 2.63. The molecule has 0 heterocycles. The fraction of sp³-hybridized carbons (Fsp3) is 0.615. The van der Waals surface area contributed by atoms with Gasteiger partial charge in [-0.25, -0.2) is 0 Å². The molecule has 0 fully saturated rings. The third-order valence-electron chi connectivity index (χ3n) is 5.62. The number of ether oxygens (including phenoxy) is 1. The number of hydrogen-bond donors (Lipinski definition) is 0. The van der Waals surface area contributed by atoms with Crippen LogP contribution in [0.25, 0.3) is 0 Å². The molecule has 156 valence electrons. The van der Waals surface area contributed by atoms with E-state index in [9.17, 15) is 0 Å². The Balaban J connectivity index is 1.84. The zero-order chi connectivity index (χ0) is 20.8. The van der Waals surface area contributed by atoms with E-state index in [0.29, 0.717) is 11.5 Å². The molecule has 0 saturated carbocycles. The normalized spacial score (nSPS) is 19.0. The molecule has 0 N–H and O–H groups in total. The summed E-state index contributed by atoms with van der Waals surface area (Å²) in [5.74, 6) is 0. The van der Waals surface area contributed by atoms with Gasteiger partial charge in [-0.2, -0.15) is 0 Å². The average molecular weight is 384 g/mol. The summed E-state index contributed by atoms with van der Waals surface area (Å²) >= 11 is 0. The zero-order valence-corrected chi connectivity index (χ0v) is 19.2. The van der Waals surface area contributed by atoms with Gasteiger partial charge in [0.05, 0.1) is 12.7 Å². The van der Waals surface area contributed by atoms with Gasteiger partial charge in [0, 0.05) is 12.6 Å². The molecule has 2 nitrogen and oxygen atoms in total. The summed E-state index contributed by atoms with van der Waals surface area (Å²) in [4.78, 5) is 2.48. The monoisotopic (exact) mass is 383 g/mol. The molecule has 0 bridgehead atoms. The summed E-state index contributed by atoms with van der Waals surface area (Å²) < 4.78 is 6.25. The Hall–Kier alpha value is -1.38. The van der Waals surface area contributed by atoms with Gasteiger partial charge in [0.1, 0.15) is 0 Å². The zero-order valence-electron chi connectivity index (χ0n) is 19.2. The number of allylic oxidation sites excluding steroid dienone is 2. The van der Waals surface area contributed by atoms with Crippen LogP contribution in [0.3, 0.4) is 0 Å². The molecule has 2 unspecified atom stereocenters. The van der Waals surface area contributed by atoms with Crippen LogP contribution in [0.1, 0.15) is 66.9 Å². The summed E-state index contributed by atoms with van der Waals surface area (Å²) in [6.45, 7) is 19.0. The standard InChI is InChI=1S/C26H41NO/c1-8-27(18-22-12-10-9-11-13-22)21(2)19-28-24-16-14-23(15-17-24)26(6,7)20-25(3,4)5/h9-16,21,24H,8,17-20H2,1-7H3. The van der Waals surface area contributed by atoms with E-state index in [1.165, 1.54) is 17.6 Å². The molecule has 0 spiro atoms. The Morgan fingerprint density at radius 3 is 2.32 bits per heavy atom. The van der Waals surface area contributed by atoms with E-state index >= 15 is 0 Å². The fourth-order valence-corrected chi connectivity index (χ4v) is 4.42. The van der Waals surface area contributed by atoms with Crippen LogP contribution in [-0.2, 0) is 11.3 Å². The molecular weight excluding hydrogens is 342 g/mol. The van der Waals surface area contributed by atoms with Crippen molar-refractivity contribution in [3.05, 3.63) is 59.7 Å². The van der Waals surface area contributed by atoms with Crippen molar-refractivity contribution < 1.29 is 4.74 Å². The van der Waals surface area contributed by atoms with Gasteiger partial charge in [0.25, 0.3) is 0 Å². The van der Waals surface area contributed by atoms with Gasteiger partial charge in [0.2, 0.25) is 0 Å². The number of nitrogens with zero attached hydrogens (tertiary/aromatic N) is 1. The van der Waals surface area contributed by atoms with Crippen molar-refractivity contribution in [1.82, 2.24) is 4.90 Å². The Morgan fingerprint density at radius 2 is 1.79 bits per heavy atom. The van der Waals surface area contributed by atoms with E-state index in [0.717, 1.165) is 26.1 Å². The van der Waals surface area contributed by atoms with Crippen molar-refractivity contribution in [3.63, 3.8) is 0 Å².